The summed E-state index contributed by atoms with van der Waals surface area (Å²) in [7, 11) is 1.55. The summed E-state index contributed by atoms with van der Waals surface area (Å²) in [6.45, 7) is 0.577. The summed E-state index contributed by atoms with van der Waals surface area (Å²) in [5, 5.41) is 2.83. The number of alkyl halides is 3. The molecule has 2 atom stereocenters. The van der Waals surface area contributed by atoms with Crippen molar-refractivity contribution in [2.24, 2.45) is 10.9 Å². The standard InChI is InChI=1S/C17H15ClF3N3O2/c1-24-8-11(9-2-4-10(5-3-9)17(19,20)21)13(16(24)26)15(25)23-14-12(18)6-7-22-14/h2-6,11,13H,7-8H2,1H3,(H,22,23,25)/t11-,13+/m0/s1. The highest BCUT2D eigenvalue weighted by Crippen LogP contribution is 2.35. The molecule has 1 aromatic carbocycles. The van der Waals surface area contributed by atoms with Gasteiger partial charge in [-0.2, -0.15) is 13.2 Å². The predicted octanol–water partition coefficient (Wildman–Crippen LogP) is 2.53. The molecule has 1 saturated heterocycles. The summed E-state index contributed by atoms with van der Waals surface area (Å²) in [6, 6.07) is 4.52. The van der Waals surface area contributed by atoms with Gasteiger partial charge in [-0.1, -0.05) is 23.7 Å². The molecule has 0 unspecified atom stereocenters. The molecule has 1 N–H and O–H groups in total. The number of likely N-dealkylation sites (tertiary alicyclic amines) is 1. The summed E-state index contributed by atoms with van der Waals surface area (Å²) >= 11 is 5.92. The average molecular weight is 386 g/mol. The van der Waals surface area contributed by atoms with Crippen molar-refractivity contribution < 1.29 is 22.8 Å². The monoisotopic (exact) mass is 385 g/mol. The maximum absolute atomic E-state index is 12.7. The lowest BCUT2D eigenvalue weighted by atomic mass is 9.87. The third-order valence-electron chi connectivity index (χ3n) is 4.45. The van der Waals surface area contributed by atoms with E-state index in [-0.39, 0.29) is 12.4 Å². The van der Waals surface area contributed by atoms with Crippen LogP contribution in [0.25, 0.3) is 0 Å². The van der Waals surface area contributed by atoms with Crippen LogP contribution in [0.3, 0.4) is 0 Å². The normalized spacial score (nSPS) is 23.1. The quantitative estimate of drug-likeness (QED) is 0.795. The van der Waals surface area contributed by atoms with Gasteiger partial charge in [-0.3, -0.25) is 14.6 Å². The number of benzene rings is 1. The minimum Gasteiger partial charge on any atom is -0.344 e. The zero-order valence-electron chi connectivity index (χ0n) is 13.7. The first-order valence-electron chi connectivity index (χ1n) is 7.82. The second-order valence-electron chi connectivity index (χ2n) is 6.15. The first-order valence-corrected chi connectivity index (χ1v) is 8.19. The lowest BCUT2D eigenvalue weighted by molar-refractivity contribution is -0.138. The van der Waals surface area contributed by atoms with Crippen LogP contribution in [-0.2, 0) is 15.8 Å². The largest absolute Gasteiger partial charge is 0.416 e. The summed E-state index contributed by atoms with van der Waals surface area (Å²) in [4.78, 5) is 30.4. The average Bonchev–Trinajstić information content (AvgIpc) is 3.11. The van der Waals surface area contributed by atoms with Crippen LogP contribution in [-0.4, -0.2) is 42.7 Å². The smallest absolute Gasteiger partial charge is 0.344 e. The molecule has 0 spiro atoms. The van der Waals surface area contributed by atoms with Gasteiger partial charge in [0.25, 0.3) is 0 Å². The second kappa shape index (κ2) is 6.75. The van der Waals surface area contributed by atoms with Crippen LogP contribution in [0.5, 0.6) is 0 Å². The maximum Gasteiger partial charge on any atom is 0.416 e. The Balaban J connectivity index is 1.84. The molecule has 0 bridgehead atoms. The Morgan fingerprint density at radius 3 is 2.50 bits per heavy atom. The molecule has 0 aromatic heterocycles. The van der Waals surface area contributed by atoms with E-state index in [1.165, 1.54) is 17.0 Å². The Kier molecular flexibility index (Phi) is 4.79. The van der Waals surface area contributed by atoms with Crippen molar-refractivity contribution in [2.45, 2.75) is 12.1 Å². The fourth-order valence-corrected chi connectivity index (χ4v) is 3.27. The molecule has 26 heavy (non-hydrogen) atoms. The van der Waals surface area contributed by atoms with E-state index in [0.29, 0.717) is 17.1 Å². The van der Waals surface area contributed by atoms with E-state index in [9.17, 15) is 22.8 Å². The molecule has 2 amide bonds. The summed E-state index contributed by atoms with van der Waals surface area (Å²) in [6.07, 6.45) is -2.82. The van der Waals surface area contributed by atoms with Crippen molar-refractivity contribution in [1.82, 2.24) is 10.2 Å². The number of nitrogens with zero attached hydrogens (tertiary/aromatic N) is 2. The SMILES string of the molecule is CN1C[C@@H](c2ccc(C(F)(F)F)cc2)[C@H](C(=O)NC2=NCC=C2Cl)C1=O. The molecule has 0 saturated carbocycles. The van der Waals surface area contributed by atoms with Crippen LogP contribution in [0.4, 0.5) is 13.2 Å². The fourth-order valence-electron chi connectivity index (χ4n) is 3.09. The number of halogens is 4. The number of amides is 2. The van der Waals surface area contributed by atoms with Crippen LogP contribution in [0.2, 0.25) is 0 Å². The van der Waals surface area contributed by atoms with Crippen LogP contribution in [0.1, 0.15) is 17.0 Å². The van der Waals surface area contributed by atoms with Gasteiger partial charge in [0.15, 0.2) is 0 Å². The van der Waals surface area contributed by atoms with Crippen LogP contribution in [0, 0.1) is 5.92 Å². The Bertz CT molecular complexity index is 802. The fraction of sp³-hybridized carbons (Fsp3) is 0.353. The van der Waals surface area contributed by atoms with Gasteiger partial charge in [-0.15, -0.1) is 0 Å². The van der Waals surface area contributed by atoms with E-state index in [0.717, 1.165) is 12.1 Å². The number of amidine groups is 1. The summed E-state index contributed by atoms with van der Waals surface area (Å²) in [5.41, 5.74) is -0.289. The number of hydrogen-bond donors (Lipinski definition) is 1. The number of rotatable bonds is 2. The van der Waals surface area contributed by atoms with Crippen molar-refractivity contribution in [3.8, 4) is 0 Å². The number of hydrogen-bond acceptors (Lipinski definition) is 3. The minimum atomic E-state index is -4.44. The topological polar surface area (TPSA) is 61.8 Å². The molecule has 2 aliphatic heterocycles. The van der Waals surface area contributed by atoms with Crippen LogP contribution >= 0.6 is 11.6 Å². The predicted molar refractivity (Wildman–Crippen MR) is 89.7 cm³/mol. The van der Waals surface area contributed by atoms with Crippen molar-refractivity contribution in [1.29, 1.82) is 0 Å². The van der Waals surface area contributed by atoms with Gasteiger partial charge in [0, 0.05) is 19.5 Å². The molecule has 9 heteroatoms. The molecule has 1 fully saturated rings. The zero-order chi connectivity index (χ0) is 19.1. The molecular formula is C17H15ClF3N3O2. The van der Waals surface area contributed by atoms with E-state index in [2.05, 4.69) is 10.3 Å². The molecular weight excluding hydrogens is 371 g/mol. The molecule has 5 nitrogen and oxygen atoms in total. The van der Waals surface area contributed by atoms with E-state index in [1.807, 2.05) is 0 Å². The number of nitrogens with one attached hydrogen (secondary N) is 1. The lowest BCUT2D eigenvalue weighted by Gasteiger charge is -2.17. The van der Waals surface area contributed by atoms with Crippen LogP contribution < -0.4 is 5.32 Å². The molecule has 1 aromatic rings. The van der Waals surface area contributed by atoms with Gasteiger partial charge in [0.2, 0.25) is 11.8 Å². The lowest BCUT2D eigenvalue weighted by Crippen LogP contribution is -2.40. The van der Waals surface area contributed by atoms with Crippen molar-refractivity contribution in [3.63, 3.8) is 0 Å². The first-order chi connectivity index (χ1) is 12.2. The molecule has 138 valence electrons. The van der Waals surface area contributed by atoms with Gasteiger partial charge in [-0.05, 0) is 23.8 Å². The molecule has 2 heterocycles. The maximum atomic E-state index is 12.7. The number of aliphatic imine (C=N–C) groups is 1. The summed E-state index contributed by atoms with van der Waals surface area (Å²) < 4.78 is 38.2. The zero-order valence-corrected chi connectivity index (χ0v) is 14.4. The second-order valence-corrected chi connectivity index (χ2v) is 6.56. The number of carbonyl (C=O) groups excluding carboxylic acids is 2. The van der Waals surface area contributed by atoms with E-state index < -0.39 is 35.4 Å². The molecule has 2 aliphatic rings. The van der Waals surface area contributed by atoms with Crippen molar-refractivity contribution in [2.75, 3.05) is 20.1 Å². The molecule has 3 rings (SSSR count). The third-order valence-corrected chi connectivity index (χ3v) is 4.78. The number of carbonyl (C=O) groups is 2. The first kappa shape index (κ1) is 18.4. The van der Waals surface area contributed by atoms with Gasteiger partial charge < -0.3 is 10.2 Å². The van der Waals surface area contributed by atoms with E-state index in [4.69, 9.17) is 11.6 Å². The van der Waals surface area contributed by atoms with Gasteiger partial charge in [0.1, 0.15) is 11.8 Å². The summed E-state index contributed by atoms with van der Waals surface area (Å²) in [5.74, 6) is -2.38. The highest BCUT2D eigenvalue weighted by molar-refractivity contribution is 6.44. The van der Waals surface area contributed by atoms with Gasteiger partial charge in [-0.25, -0.2) is 0 Å². The van der Waals surface area contributed by atoms with E-state index in [1.54, 1.807) is 13.1 Å². The van der Waals surface area contributed by atoms with Crippen LogP contribution in [0.15, 0.2) is 40.4 Å². The Labute approximate surface area is 152 Å². The number of likely N-dealkylation sites (N-methyl/N-ethyl adjacent to an activating group) is 1. The highest BCUT2D eigenvalue weighted by atomic mass is 35.5. The Hall–Kier alpha value is -2.35. The third kappa shape index (κ3) is 3.46. The van der Waals surface area contributed by atoms with Crippen molar-refractivity contribution in [3.05, 3.63) is 46.5 Å². The minimum absolute atomic E-state index is 0.199. The molecule has 0 radical (unpaired) electrons. The highest BCUT2D eigenvalue weighted by Gasteiger charge is 2.44. The molecule has 0 aliphatic carbocycles. The Morgan fingerprint density at radius 2 is 1.96 bits per heavy atom. The van der Waals surface area contributed by atoms with Gasteiger partial charge >= 0.3 is 6.18 Å². The Morgan fingerprint density at radius 1 is 1.31 bits per heavy atom. The van der Waals surface area contributed by atoms with Crippen molar-refractivity contribution >= 4 is 29.3 Å². The van der Waals surface area contributed by atoms with Gasteiger partial charge in [0.05, 0.1) is 17.1 Å². The van der Waals surface area contributed by atoms with E-state index >= 15 is 0 Å².